The molecule has 0 spiro atoms. The molecule has 2 aromatic rings. The molecule has 4 nitrogen and oxygen atoms in total. The second-order valence-electron chi connectivity index (χ2n) is 3.66. The standard InChI is InChI=1S/C11H10BrNO3S2/c1-7-6-8(14)2-3-10(7)13-18(15,16)11-9(12)4-5-17-11/h2-6,13-14H,1H3. The van der Waals surface area contributed by atoms with Gasteiger partial charge in [-0.2, -0.15) is 0 Å². The molecule has 0 saturated heterocycles. The van der Waals surface area contributed by atoms with Crippen LogP contribution >= 0.6 is 27.3 Å². The van der Waals surface area contributed by atoms with Crippen molar-refractivity contribution in [2.75, 3.05) is 4.72 Å². The predicted molar refractivity (Wildman–Crippen MR) is 75.7 cm³/mol. The molecule has 1 heterocycles. The molecule has 1 aromatic heterocycles. The van der Waals surface area contributed by atoms with Gasteiger partial charge in [-0.05, 0) is 58.1 Å². The summed E-state index contributed by atoms with van der Waals surface area (Å²) in [5.41, 5.74) is 1.11. The van der Waals surface area contributed by atoms with Crippen molar-refractivity contribution in [1.29, 1.82) is 0 Å². The molecule has 0 amide bonds. The van der Waals surface area contributed by atoms with Crippen molar-refractivity contribution < 1.29 is 13.5 Å². The fraction of sp³-hybridized carbons (Fsp3) is 0.0909. The van der Waals surface area contributed by atoms with Crippen LogP contribution in [0.25, 0.3) is 0 Å². The number of hydrogen-bond donors (Lipinski definition) is 2. The Hall–Kier alpha value is -1.05. The number of anilines is 1. The highest BCUT2D eigenvalue weighted by Crippen LogP contribution is 2.30. The van der Waals surface area contributed by atoms with Gasteiger partial charge in [0, 0.05) is 4.47 Å². The number of halogens is 1. The van der Waals surface area contributed by atoms with Gasteiger partial charge in [-0.15, -0.1) is 11.3 Å². The fourth-order valence-corrected chi connectivity index (χ4v) is 4.89. The van der Waals surface area contributed by atoms with Crippen molar-refractivity contribution in [3.8, 4) is 5.75 Å². The first kappa shape index (κ1) is 13.4. The van der Waals surface area contributed by atoms with Gasteiger partial charge >= 0.3 is 0 Å². The van der Waals surface area contributed by atoms with Crippen LogP contribution in [0.2, 0.25) is 0 Å². The van der Waals surface area contributed by atoms with Crippen LogP contribution in [0.5, 0.6) is 5.75 Å². The third-order valence-electron chi connectivity index (χ3n) is 2.28. The quantitative estimate of drug-likeness (QED) is 0.837. The molecule has 0 fully saturated rings. The lowest BCUT2D eigenvalue weighted by Crippen LogP contribution is -2.12. The summed E-state index contributed by atoms with van der Waals surface area (Å²) in [5.74, 6) is 0.104. The number of nitrogens with one attached hydrogen (secondary N) is 1. The summed E-state index contributed by atoms with van der Waals surface area (Å²) < 4.78 is 27.5. The second kappa shape index (κ2) is 4.91. The van der Waals surface area contributed by atoms with E-state index >= 15 is 0 Å². The van der Waals surface area contributed by atoms with Gasteiger partial charge in [-0.25, -0.2) is 8.42 Å². The Kier molecular flexibility index (Phi) is 3.65. The molecule has 1 aromatic carbocycles. The minimum Gasteiger partial charge on any atom is -0.508 e. The van der Waals surface area contributed by atoms with E-state index in [2.05, 4.69) is 20.7 Å². The number of thiophene rings is 1. The van der Waals surface area contributed by atoms with Crippen LogP contribution in [0.4, 0.5) is 5.69 Å². The second-order valence-corrected chi connectivity index (χ2v) is 7.31. The summed E-state index contributed by atoms with van der Waals surface area (Å²) in [6.45, 7) is 1.72. The Bertz CT molecular complexity index is 679. The fourth-order valence-electron chi connectivity index (χ4n) is 1.43. The summed E-state index contributed by atoms with van der Waals surface area (Å²) in [5, 5.41) is 11.0. The number of phenols is 1. The Morgan fingerprint density at radius 1 is 1.33 bits per heavy atom. The number of benzene rings is 1. The summed E-state index contributed by atoms with van der Waals surface area (Å²) >= 11 is 4.33. The molecule has 2 rings (SSSR count). The molecule has 0 radical (unpaired) electrons. The van der Waals surface area contributed by atoms with E-state index in [9.17, 15) is 13.5 Å². The van der Waals surface area contributed by atoms with Crippen LogP contribution in [-0.2, 0) is 10.0 Å². The zero-order valence-corrected chi connectivity index (χ0v) is 12.6. The minimum atomic E-state index is -3.60. The first-order valence-electron chi connectivity index (χ1n) is 4.95. The molecule has 0 aliphatic rings. The van der Waals surface area contributed by atoms with Crippen LogP contribution in [0.3, 0.4) is 0 Å². The summed E-state index contributed by atoms with van der Waals surface area (Å²) in [6.07, 6.45) is 0. The van der Waals surface area contributed by atoms with Gasteiger partial charge in [0.15, 0.2) is 4.21 Å². The Morgan fingerprint density at radius 2 is 2.06 bits per heavy atom. The zero-order chi connectivity index (χ0) is 13.3. The highest BCUT2D eigenvalue weighted by Gasteiger charge is 2.19. The maximum Gasteiger partial charge on any atom is 0.272 e. The van der Waals surface area contributed by atoms with Gasteiger partial charge < -0.3 is 5.11 Å². The minimum absolute atomic E-state index is 0.104. The number of sulfonamides is 1. The van der Waals surface area contributed by atoms with Crippen LogP contribution in [0.1, 0.15) is 5.56 Å². The van der Waals surface area contributed by atoms with Gasteiger partial charge in [0.25, 0.3) is 10.0 Å². The van der Waals surface area contributed by atoms with Crippen LogP contribution in [0.15, 0.2) is 38.3 Å². The molecule has 0 saturated carbocycles. The van der Waals surface area contributed by atoms with E-state index in [1.807, 2.05) is 0 Å². The Labute approximate surface area is 117 Å². The smallest absolute Gasteiger partial charge is 0.272 e. The lowest BCUT2D eigenvalue weighted by molar-refractivity contribution is 0.475. The van der Waals surface area contributed by atoms with Crippen molar-refractivity contribution in [3.05, 3.63) is 39.7 Å². The van der Waals surface area contributed by atoms with E-state index < -0.39 is 10.0 Å². The molecule has 0 aliphatic heterocycles. The van der Waals surface area contributed by atoms with E-state index in [0.29, 0.717) is 15.7 Å². The predicted octanol–water partition coefficient (Wildman–Crippen LogP) is 3.33. The van der Waals surface area contributed by atoms with Gasteiger partial charge in [-0.1, -0.05) is 0 Å². The van der Waals surface area contributed by atoms with Gasteiger partial charge in [0.1, 0.15) is 5.75 Å². The van der Waals surface area contributed by atoms with Crippen LogP contribution < -0.4 is 4.72 Å². The van der Waals surface area contributed by atoms with E-state index in [4.69, 9.17) is 0 Å². The molecular formula is C11H10BrNO3S2. The van der Waals surface area contributed by atoms with Crippen molar-refractivity contribution in [1.82, 2.24) is 0 Å². The Morgan fingerprint density at radius 3 is 2.61 bits per heavy atom. The largest absolute Gasteiger partial charge is 0.508 e. The van der Waals surface area contributed by atoms with E-state index in [1.165, 1.54) is 18.2 Å². The maximum atomic E-state index is 12.1. The number of rotatable bonds is 3. The van der Waals surface area contributed by atoms with Crippen molar-refractivity contribution in [2.45, 2.75) is 11.1 Å². The van der Waals surface area contributed by atoms with Crippen molar-refractivity contribution in [2.24, 2.45) is 0 Å². The van der Waals surface area contributed by atoms with Gasteiger partial charge in [0.05, 0.1) is 5.69 Å². The first-order valence-corrected chi connectivity index (χ1v) is 8.11. The lowest BCUT2D eigenvalue weighted by atomic mass is 10.2. The highest BCUT2D eigenvalue weighted by molar-refractivity contribution is 9.10. The van der Waals surface area contributed by atoms with E-state index in [-0.39, 0.29) is 9.96 Å². The number of aryl methyl sites for hydroxylation is 1. The van der Waals surface area contributed by atoms with Crippen LogP contribution in [-0.4, -0.2) is 13.5 Å². The average Bonchev–Trinajstić information content (AvgIpc) is 2.69. The normalized spacial score (nSPS) is 11.4. The number of hydrogen-bond acceptors (Lipinski definition) is 4. The SMILES string of the molecule is Cc1cc(O)ccc1NS(=O)(=O)c1sccc1Br. The van der Waals surface area contributed by atoms with E-state index in [1.54, 1.807) is 18.4 Å². The number of phenolic OH excluding ortho intramolecular Hbond substituents is 1. The summed E-state index contributed by atoms with van der Waals surface area (Å²) in [4.78, 5) is 0. The molecule has 0 aliphatic carbocycles. The molecule has 0 bridgehead atoms. The molecule has 2 N–H and O–H groups in total. The van der Waals surface area contributed by atoms with Crippen molar-refractivity contribution >= 4 is 43.0 Å². The molecule has 7 heteroatoms. The Balaban J connectivity index is 2.37. The summed E-state index contributed by atoms with van der Waals surface area (Å²) in [7, 11) is -3.60. The first-order chi connectivity index (χ1) is 8.40. The molecule has 0 atom stereocenters. The molecule has 18 heavy (non-hydrogen) atoms. The van der Waals surface area contributed by atoms with Crippen LogP contribution in [0, 0.1) is 6.92 Å². The number of aromatic hydroxyl groups is 1. The van der Waals surface area contributed by atoms with Gasteiger partial charge in [-0.3, -0.25) is 4.72 Å². The van der Waals surface area contributed by atoms with Crippen molar-refractivity contribution in [3.63, 3.8) is 0 Å². The monoisotopic (exact) mass is 347 g/mol. The third kappa shape index (κ3) is 2.68. The highest BCUT2D eigenvalue weighted by atomic mass is 79.9. The molecule has 96 valence electrons. The average molecular weight is 348 g/mol. The maximum absolute atomic E-state index is 12.1. The topological polar surface area (TPSA) is 66.4 Å². The third-order valence-corrected chi connectivity index (χ3v) is 6.32. The molecule has 0 unspecified atom stereocenters. The zero-order valence-electron chi connectivity index (χ0n) is 9.34. The molecular weight excluding hydrogens is 338 g/mol. The van der Waals surface area contributed by atoms with E-state index in [0.717, 1.165) is 11.3 Å². The lowest BCUT2D eigenvalue weighted by Gasteiger charge is -2.09. The summed E-state index contributed by atoms with van der Waals surface area (Å²) in [6, 6.07) is 6.16. The van der Waals surface area contributed by atoms with Gasteiger partial charge in [0.2, 0.25) is 0 Å².